The minimum atomic E-state index is -4.08. The molecule has 8 nitrogen and oxygen atoms in total. The molecule has 0 saturated heterocycles. The Morgan fingerprint density at radius 2 is 1.65 bits per heavy atom. The van der Waals surface area contributed by atoms with Crippen LogP contribution in [0.2, 0.25) is 5.02 Å². The Balaban J connectivity index is 1.90. The van der Waals surface area contributed by atoms with Gasteiger partial charge in [-0.15, -0.1) is 0 Å². The van der Waals surface area contributed by atoms with Gasteiger partial charge in [-0.25, -0.2) is 13.8 Å². The molecule has 0 unspecified atom stereocenters. The summed E-state index contributed by atoms with van der Waals surface area (Å²) < 4.78 is 38.5. The van der Waals surface area contributed by atoms with E-state index in [4.69, 9.17) is 21.1 Å². The van der Waals surface area contributed by atoms with Crippen LogP contribution in [0.4, 0.5) is 5.69 Å². The van der Waals surface area contributed by atoms with E-state index in [0.29, 0.717) is 22.1 Å². The lowest BCUT2D eigenvalue weighted by molar-refractivity contribution is -0.119. The molecular weight excluding hydrogens is 478 g/mol. The average molecular weight is 502 g/mol. The predicted molar refractivity (Wildman–Crippen MR) is 132 cm³/mol. The van der Waals surface area contributed by atoms with Crippen molar-refractivity contribution >= 4 is 39.4 Å². The zero-order valence-electron chi connectivity index (χ0n) is 18.9. The maximum absolute atomic E-state index is 13.5. The van der Waals surface area contributed by atoms with Gasteiger partial charge in [0.05, 0.1) is 31.0 Å². The summed E-state index contributed by atoms with van der Waals surface area (Å²) >= 11 is 5.86. The highest BCUT2D eigenvalue weighted by Crippen LogP contribution is 2.33. The van der Waals surface area contributed by atoms with Gasteiger partial charge < -0.3 is 9.47 Å². The molecule has 0 aliphatic carbocycles. The number of benzene rings is 3. The molecule has 0 aliphatic rings. The fourth-order valence-corrected chi connectivity index (χ4v) is 4.56. The van der Waals surface area contributed by atoms with Crippen molar-refractivity contribution in [3.63, 3.8) is 0 Å². The second-order valence-electron chi connectivity index (χ2n) is 7.21. The monoisotopic (exact) mass is 501 g/mol. The van der Waals surface area contributed by atoms with Crippen molar-refractivity contribution in [2.75, 3.05) is 25.1 Å². The Morgan fingerprint density at radius 3 is 2.26 bits per heavy atom. The smallest absolute Gasteiger partial charge is 0.264 e. The fourth-order valence-electron chi connectivity index (χ4n) is 3.03. The number of methoxy groups -OCH3 is 2. The van der Waals surface area contributed by atoms with Crippen molar-refractivity contribution in [2.45, 2.75) is 11.8 Å². The molecule has 3 rings (SSSR count). The van der Waals surface area contributed by atoms with E-state index in [9.17, 15) is 13.2 Å². The molecule has 10 heteroatoms. The number of rotatable bonds is 9. The second-order valence-corrected chi connectivity index (χ2v) is 9.51. The van der Waals surface area contributed by atoms with Crippen molar-refractivity contribution in [3.8, 4) is 11.5 Å². The lowest BCUT2D eigenvalue weighted by Gasteiger charge is -2.24. The Kier molecular flexibility index (Phi) is 8.14. The number of hydrazone groups is 1. The average Bonchev–Trinajstić information content (AvgIpc) is 2.83. The van der Waals surface area contributed by atoms with Crippen LogP contribution in [0.5, 0.6) is 11.5 Å². The van der Waals surface area contributed by atoms with Crippen molar-refractivity contribution in [3.05, 3.63) is 82.9 Å². The number of nitrogens with zero attached hydrogens (tertiary/aromatic N) is 2. The fraction of sp³-hybridized carbons (Fsp3) is 0.167. The summed E-state index contributed by atoms with van der Waals surface area (Å²) in [7, 11) is -1.16. The first-order valence-corrected chi connectivity index (χ1v) is 12.0. The van der Waals surface area contributed by atoms with Crippen LogP contribution in [0.1, 0.15) is 11.1 Å². The molecule has 3 aromatic rings. The Bertz CT molecular complexity index is 1280. The van der Waals surface area contributed by atoms with Gasteiger partial charge in [-0.2, -0.15) is 5.10 Å². The van der Waals surface area contributed by atoms with Crippen LogP contribution in [0, 0.1) is 6.92 Å². The maximum Gasteiger partial charge on any atom is 0.264 e. The van der Waals surface area contributed by atoms with Crippen LogP contribution in [0.25, 0.3) is 0 Å². The number of halogens is 1. The van der Waals surface area contributed by atoms with E-state index in [1.165, 1.54) is 44.7 Å². The third-order valence-electron chi connectivity index (χ3n) is 4.82. The van der Waals surface area contributed by atoms with Crippen LogP contribution in [0.3, 0.4) is 0 Å². The third-order valence-corrected chi connectivity index (χ3v) is 6.86. The van der Waals surface area contributed by atoms with E-state index in [0.717, 1.165) is 9.87 Å². The predicted octanol–water partition coefficient (Wildman–Crippen LogP) is 4.01. The van der Waals surface area contributed by atoms with Crippen LogP contribution in [-0.4, -0.2) is 41.3 Å². The SMILES string of the molecule is COc1ccc(N(CC(=O)N/N=C\c2ccc(Cl)cc2)S(=O)(=O)c2ccc(C)cc2)cc1OC. The van der Waals surface area contributed by atoms with Gasteiger partial charge in [0.2, 0.25) is 0 Å². The molecule has 0 saturated carbocycles. The van der Waals surface area contributed by atoms with Gasteiger partial charge in [0, 0.05) is 11.1 Å². The largest absolute Gasteiger partial charge is 0.493 e. The van der Waals surface area contributed by atoms with Gasteiger partial charge in [0.15, 0.2) is 11.5 Å². The number of carbonyl (C=O) groups is 1. The standard InChI is InChI=1S/C24H24ClN3O5S/c1-17-4-11-21(12-5-17)34(30,31)28(20-10-13-22(32-2)23(14-20)33-3)16-24(29)27-26-15-18-6-8-19(25)9-7-18/h4-15H,16H2,1-3H3,(H,27,29)/b26-15-. The van der Waals surface area contributed by atoms with Crippen LogP contribution in [-0.2, 0) is 14.8 Å². The molecule has 0 fully saturated rings. The normalized spacial score (nSPS) is 11.3. The number of nitrogens with one attached hydrogen (secondary N) is 1. The van der Waals surface area contributed by atoms with Crippen molar-refractivity contribution in [1.29, 1.82) is 0 Å². The number of sulfonamides is 1. The molecule has 178 valence electrons. The van der Waals surface area contributed by atoms with E-state index in [-0.39, 0.29) is 10.6 Å². The molecule has 0 aromatic heterocycles. The van der Waals surface area contributed by atoms with E-state index in [2.05, 4.69) is 10.5 Å². The summed E-state index contributed by atoms with van der Waals surface area (Å²) in [6.45, 7) is 1.35. The zero-order chi connectivity index (χ0) is 24.7. The lowest BCUT2D eigenvalue weighted by Crippen LogP contribution is -2.39. The number of ether oxygens (including phenoxy) is 2. The number of carbonyl (C=O) groups excluding carboxylic acids is 1. The van der Waals surface area contributed by atoms with Gasteiger partial charge >= 0.3 is 0 Å². The number of aryl methyl sites for hydroxylation is 1. The van der Waals surface area contributed by atoms with E-state index in [1.54, 1.807) is 42.5 Å². The molecule has 1 N–H and O–H groups in total. The van der Waals surface area contributed by atoms with Gasteiger partial charge in [-0.3, -0.25) is 9.10 Å². The van der Waals surface area contributed by atoms with Crippen LogP contribution < -0.4 is 19.2 Å². The summed E-state index contributed by atoms with van der Waals surface area (Å²) in [5.41, 5.74) is 4.22. The Hall–Kier alpha value is -3.56. The summed E-state index contributed by atoms with van der Waals surface area (Å²) in [5.74, 6) is 0.122. The molecule has 0 spiro atoms. The Labute approximate surface area is 203 Å². The number of amides is 1. The van der Waals surface area contributed by atoms with Crippen molar-refractivity contribution in [1.82, 2.24) is 5.43 Å². The molecule has 0 atom stereocenters. The minimum Gasteiger partial charge on any atom is -0.493 e. The first-order chi connectivity index (χ1) is 16.2. The van der Waals surface area contributed by atoms with Crippen LogP contribution >= 0.6 is 11.6 Å². The van der Waals surface area contributed by atoms with E-state index in [1.807, 2.05) is 6.92 Å². The highest BCUT2D eigenvalue weighted by molar-refractivity contribution is 7.92. The number of anilines is 1. The number of hydrogen-bond donors (Lipinski definition) is 1. The zero-order valence-corrected chi connectivity index (χ0v) is 20.4. The second kappa shape index (κ2) is 11.0. The minimum absolute atomic E-state index is 0.0466. The van der Waals surface area contributed by atoms with Gasteiger partial charge in [-0.05, 0) is 48.9 Å². The Morgan fingerprint density at radius 1 is 1.00 bits per heavy atom. The number of hydrogen-bond acceptors (Lipinski definition) is 6. The van der Waals surface area contributed by atoms with E-state index >= 15 is 0 Å². The third kappa shape index (κ3) is 6.06. The maximum atomic E-state index is 13.5. The summed E-state index contributed by atoms with van der Waals surface area (Å²) in [6.07, 6.45) is 1.43. The molecule has 1 amide bonds. The molecular formula is C24H24ClN3O5S. The molecule has 0 radical (unpaired) electrons. The first kappa shape index (κ1) is 25.1. The summed E-state index contributed by atoms with van der Waals surface area (Å²) in [5, 5.41) is 4.49. The summed E-state index contributed by atoms with van der Waals surface area (Å²) in [4.78, 5) is 12.7. The topological polar surface area (TPSA) is 97.3 Å². The van der Waals surface area contributed by atoms with Gasteiger partial charge in [0.25, 0.3) is 15.9 Å². The summed E-state index contributed by atoms with van der Waals surface area (Å²) in [6, 6.07) is 17.8. The molecule has 0 heterocycles. The molecule has 0 bridgehead atoms. The van der Waals surface area contributed by atoms with Crippen LogP contribution in [0.15, 0.2) is 76.7 Å². The first-order valence-electron chi connectivity index (χ1n) is 10.1. The van der Waals surface area contributed by atoms with Gasteiger partial charge in [-0.1, -0.05) is 41.4 Å². The highest BCUT2D eigenvalue weighted by Gasteiger charge is 2.28. The highest BCUT2D eigenvalue weighted by atomic mass is 35.5. The molecule has 34 heavy (non-hydrogen) atoms. The lowest BCUT2D eigenvalue weighted by atomic mass is 10.2. The quantitative estimate of drug-likeness (QED) is 0.353. The molecule has 0 aliphatic heterocycles. The van der Waals surface area contributed by atoms with Crippen molar-refractivity contribution < 1.29 is 22.7 Å². The molecule has 3 aromatic carbocycles. The van der Waals surface area contributed by atoms with Crippen molar-refractivity contribution in [2.24, 2.45) is 5.10 Å². The van der Waals surface area contributed by atoms with Gasteiger partial charge in [0.1, 0.15) is 6.54 Å². The van der Waals surface area contributed by atoms with E-state index < -0.39 is 22.5 Å².